The van der Waals surface area contributed by atoms with Gasteiger partial charge < -0.3 is 5.11 Å². The minimum Gasteiger partial charge on any atom is -0.393 e. The van der Waals surface area contributed by atoms with Crippen molar-refractivity contribution < 1.29 is 5.11 Å². The van der Waals surface area contributed by atoms with Gasteiger partial charge in [-0.25, -0.2) is 0 Å². The third-order valence-corrected chi connectivity index (χ3v) is 4.11. The van der Waals surface area contributed by atoms with Crippen molar-refractivity contribution in [2.45, 2.75) is 31.8 Å². The molecule has 2 saturated carbocycles. The topological polar surface area (TPSA) is 20.2 Å². The molecule has 0 spiro atoms. The van der Waals surface area contributed by atoms with Gasteiger partial charge in [0.2, 0.25) is 0 Å². The van der Waals surface area contributed by atoms with Crippen LogP contribution in [0.4, 0.5) is 0 Å². The molecule has 1 heteroatoms. The molecular formula is C11H16O. The van der Waals surface area contributed by atoms with Gasteiger partial charge in [0, 0.05) is 0 Å². The van der Waals surface area contributed by atoms with Crippen LogP contribution in [0.15, 0.2) is 12.2 Å². The Labute approximate surface area is 73.5 Å². The van der Waals surface area contributed by atoms with Crippen LogP contribution in [-0.2, 0) is 0 Å². The molecule has 0 aromatic rings. The zero-order valence-corrected chi connectivity index (χ0v) is 7.32. The van der Waals surface area contributed by atoms with Crippen LogP contribution >= 0.6 is 0 Å². The van der Waals surface area contributed by atoms with Crippen LogP contribution in [0.5, 0.6) is 0 Å². The van der Waals surface area contributed by atoms with Gasteiger partial charge in [-0.05, 0) is 49.4 Å². The summed E-state index contributed by atoms with van der Waals surface area (Å²) in [4.78, 5) is 0. The maximum Gasteiger partial charge on any atom is 0.0574 e. The Kier molecular flexibility index (Phi) is 1.40. The van der Waals surface area contributed by atoms with Gasteiger partial charge in [0.15, 0.2) is 0 Å². The molecular weight excluding hydrogens is 148 g/mol. The molecule has 2 fully saturated rings. The van der Waals surface area contributed by atoms with E-state index >= 15 is 0 Å². The molecule has 0 heterocycles. The molecule has 1 nitrogen and oxygen atoms in total. The quantitative estimate of drug-likeness (QED) is 0.543. The molecule has 5 atom stereocenters. The third-order valence-electron chi connectivity index (χ3n) is 4.11. The molecule has 0 saturated heterocycles. The highest BCUT2D eigenvalue weighted by Crippen LogP contribution is 2.49. The molecule has 0 aromatic carbocycles. The number of aliphatic hydroxyl groups excluding tert-OH is 1. The molecule has 0 aromatic heterocycles. The summed E-state index contributed by atoms with van der Waals surface area (Å²) in [5.41, 5.74) is 0. The van der Waals surface area contributed by atoms with Crippen molar-refractivity contribution in [2.24, 2.45) is 23.7 Å². The van der Waals surface area contributed by atoms with Gasteiger partial charge in [-0.1, -0.05) is 12.2 Å². The lowest BCUT2D eigenvalue weighted by molar-refractivity contribution is -0.0162. The molecule has 1 N–H and O–H groups in total. The van der Waals surface area contributed by atoms with Crippen molar-refractivity contribution in [3.63, 3.8) is 0 Å². The number of aliphatic hydroxyl groups is 1. The first kappa shape index (κ1) is 7.14. The summed E-state index contributed by atoms with van der Waals surface area (Å²) in [7, 11) is 0. The summed E-state index contributed by atoms with van der Waals surface area (Å²) < 4.78 is 0. The number of fused-ring (bicyclic) bond motifs is 2. The minimum absolute atomic E-state index is 0.0130. The van der Waals surface area contributed by atoms with Gasteiger partial charge >= 0.3 is 0 Å². The highest BCUT2D eigenvalue weighted by Gasteiger charge is 2.42. The number of allylic oxidation sites excluding steroid dienone is 2. The summed E-state index contributed by atoms with van der Waals surface area (Å²) in [6.07, 6.45) is 9.78. The lowest BCUT2D eigenvalue weighted by Gasteiger charge is -2.47. The fourth-order valence-electron chi connectivity index (χ4n) is 3.48. The van der Waals surface area contributed by atoms with E-state index in [-0.39, 0.29) is 6.10 Å². The van der Waals surface area contributed by atoms with Crippen molar-refractivity contribution in [1.29, 1.82) is 0 Å². The van der Waals surface area contributed by atoms with Gasteiger partial charge in [0.05, 0.1) is 6.10 Å². The number of hydrogen-bond donors (Lipinski definition) is 1. The second-order valence-electron chi connectivity index (χ2n) is 4.84. The molecule has 0 radical (unpaired) electrons. The first-order valence-electron chi connectivity index (χ1n) is 5.19. The van der Waals surface area contributed by atoms with E-state index in [0.717, 1.165) is 18.3 Å². The van der Waals surface area contributed by atoms with Crippen LogP contribution in [0.2, 0.25) is 0 Å². The monoisotopic (exact) mass is 164 g/mol. The molecule has 3 aliphatic carbocycles. The average Bonchev–Trinajstić information content (AvgIpc) is 2.07. The maximum atomic E-state index is 9.81. The summed E-state index contributed by atoms with van der Waals surface area (Å²) in [6.45, 7) is 0. The molecule has 0 amide bonds. The zero-order valence-electron chi connectivity index (χ0n) is 7.32. The molecule has 12 heavy (non-hydrogen) atoms. The summed E-state index contributed by atoms with van der Waals surface area (Å²) >= 11 is 0. The lowest BCUT2D eigenvalue weighted by atomic mass is 9.59. The SMILES string of the molecule is OC1CC2C=CC3CC1CC2C3. The van der Waals surface area contributed by atoms with Crippen LogP contribution in [0, 0.1) is 23.7 Å². The molecule has 66 valence electrons. The second-order valence-corrected chi connectivity index (χ2v) is 4.84. The molecule has 3 rings (SSSR count). The van der Waals surface area contributed by atoms with Crippen LogP contribution in [0.3, 0.4) is 0 Å². The van der Waals surface area contributed by atoms with Gasteiger partial charge in [-0.2, -0.15) is 0 Å². The van der Waals surface area contributed by atoms with Crippen molar-refractivity contribution in [3.8, 4) is 0 Å². The van der Waals surface area contributed by atoms with E-state index in [1.54, 1.807) is 0 Å². The minimum atomic E-state index is 0.0130. The maximum absolute atomic E-state index is 9.81. The van der Waals surface area contributed by atoms with Crippen molar-refractivity contribution in [1.82, 2.24) is 0 Å². The largest absolute Gasteiger partial charge is 0.393 e. The number of rotatable bonds is 0. The highest BCUT2D eigenvalue weighted by atomic mass is 16.3. The van der Waals surface area contributed by atoms with E-state index in [0.29, 0.717) is 11.8 Å². The Hall–Kier alpha value is -0.300. The number of hydrogen-bond acceptors (Lipinski definition) is 1. The summed E-state index contributed by atoms with van der Waals surface area (Å²) in [6, 6.07) is 0. The smallest absolute Gasteiger partial charge is 0.0574 e. The van der Waals surface area contributed by atoms with E-state index < -0.39 is 0 Å². The van der Waals surface area contributed by atoms with Crippen molar-refractivity contribution >= 4 is 0 Å². The van der Waals surface area contributed by atoms with Crippen molar-refractivity contribution in [3.05, 3.63) is 12.2 Å². The Morgan fingerprint density at radius 1 is 0.917 bits per heavy atom. The molecule has 3 aliphatic rings. The van der Waals surface area contributed by atoms with Gasteiger partial charge in [-0.3, -0.25) is 0 Å². The first-order chi connectivity index (χ1) is 5.83. The normalized spacial score (nSPS) is 55.9. The summed E-state index contributed by atoms with van der Waals surface area (Å²) in [5, 5.41) is 9.81. The first-order valence-corrected chi connectivity index (χ1v) is 5.19. The van der Waals surface area contributed by atoms with Gasteiger partial charge in [0.25, 0.3) is 0 Å². The average molecular weight is 164 g/mol. The Bertz CT molecular complexity index is 221. The van der Waals surface area contributed by atoms with E-state index in [9.17, 15) is 5.11 Å². The van der Waals surface area contributed by atoms with Crippen molar-refractivity contribution in [2.75, 3.05) is 0 Å². The Morgan fingerprint density at radius 2 is 1.75 bits per heavy atom. The van der Waals surface area contributed by atoms with Crippen LogP contribution in [0.1, 0.15) is 25.7 Å². The highest BCUT2D eigenvalue weighted by molar-refractivity contribution is 5.09. The lowest BCUT2D eigenvalue weighted by Crippen LogP contribution is -2.42. The Morgan fingerprint density at radius 3 is 2.67 bits per heavy atom. The predicted octanol–water partition coefficient (Wildman–Crippen LogP) is 1.97. The fraction of sp³-hybridized carbons (Fsp3) is 0.818. The Balaban J connectivity index is 1.96. The predicted molar refractivity (Wildman–Crippen MR) is 47.6 cm³/mol. The zero-order chi connectivity index (χ0) is 8.13. The molecule has 0 aliphatic heterocycles. The molecule has 3 bridgehead atoms. The van der Waals surface area contributed by atoms with Crippen LogP contribution in [0.25, 0.3) is 0 Å². The molecule has 5 unspecified atom stereocenters. The van der Waals surface area contributed by atoms with E-state index in [1.165, 1.54) is 19.3 Å². The summed E-state index contributed by atoms with van der Waals surface area (Å²) in [5.74, 6) is 3.07. The standard InChI is InChI=1S/C11H16O/c12-11-6-8-2-1-7-3-9(8)5-10(11)4-7/h1-2,7-12H,3-6H2. The van der Waals surface area contributed by atoms with E-state index in [2.05, 4.69) is 12.2 Å². The van der Waals surface area contributed by atoms with Crippen LogP contribution in [-0.4, -0.2) is 11.2 Å². The van der Waals surface area contributed by atoms with Gasteiger partial charge in [-0.15, -0.1) is 0 Å². The van der Waals surface area contributed by atoms with E-state index in [1.807, 2.05) is 0 Å². The van der Waals surface area contributed by atoms with Crippen LogP contribution < -0.4 is 0 Å². The fourth-order valence-corrected chi connectivity index (χ4v) is 3.48. The third kappa shape index (κ3) is 0.891. The van der Waals surface area contributed by atoms with E-state index in [4.69, 9.17) is 0 Å². The van der Waals surface area contributed by atoms with Gasteiger partial charge in [0.1, 0.15) is 0 Å². The second kappa shape index (κ2) is 2.35.